The number of halogens is 1. The molecule has 0 aliphatic heterocycles. The maximum Gasteiger partial charge on any atom is 0.337 e. The van der Waals surface area contributed by atoms with Crippen molar-refractivity contribution in [2.75, 3.05) is 6.54 Å². The summed E-state index contributed by atoms with van der Waals surface area (Å²) in [6, 6.07) is 4.26. The topological polar surface area (TPSA) is 86.6 Å². The Balaban J connectivity index is 2.24. The lowest BCUT2D eigenvalue weighted by Gasteiger charge is -2.18. The Kier molecular flexibility index (Phi) is 3.97. The van der Waals surface area contributed by atoms with Gasteiger partial charge in [0.15, 0.2) is 5.60 Å². The molecule has 21 heavy (non-hydrogen) atoms. The number of benzene rings is 1. The highest BCUT2D eigenvalue weighted by Gasteiger charge is 2.30. The van der Waals surface area contributed by atoms with Crippen molar-refractivity contribution in [3.8, 4) is 0 Å². The summed E-state index contributed by atoms with van der Waals surface area (Å²) in [5.74, 6) is -2.29. The Morgan fingerprint density at radius 2 is 2.10 bits per heavy atom. The Morgan fingerprint density at radius 3 is 2.71 bits per heavy atom. The number of aliphatic carboxylic acids is 1. The van der Waals surface area contributed by atoms with Crippen LogP contribution in [0.1, 0.15) is 22.2 Å². The molecule has 0 saturated heterocycles. The monoisotopic (exact) mass is 311 g/mol. The standard InChI is InChI=1S/C14H14FNO4S/c1-7-9-5-8(15)3-4-10(9)21-11(7)12(17)16-6-14(2,20)13(18)19/h3-5,20H,6H2,1-2H3,(H,16,17)(H,18,19). The van der Waals surface area contributed by atoms with E-state index in [9.17, 15) is 19.1 Å². The van der Waals surface area contributed by atoms with Gasteiger partial charge in [-0.1, -0.05) is 0 Å². The first-order valence-electron chi connectivity index (χ1n) is 6.15. The lowest BCUT2D eigenvalue weighted by molar-refractivity contribution is -0.155. The zero-order chi connectivity index (χ0) is 15.8. The quantitative estimate of drug-likeness (QED) is 0.805. The van der Waals surface area contributed by atoms with E-state index < -0.39 is 24.0 Å². The maximum absolute atomic E-state index is 13.2. The molecule has 5 nitrogen and oxygen atoms in total. The number of carbonyl (C=O) groups excluding carboxylic acids is 1. The van der Waals surface area contributed by atoms with E-state index in [1.54, 1.807) is 13.0 Å². The van der Waals surface area contributed by atoms with Crippen LogP contribution in [0.2, 0.25) is 0 Å². The molecule has 1 aromatic heterocycles. The molecule has 112 valence electrons. The molecule has 2 aromatic rings. The Morgan fingerprint density at radius 1 is 1.43 bits per heavy atom. The van der Waals surface area contributed by atoms with E-state index in [4.69, 9.17) is 5.11 Å². The number of nitrogens with one attached hydrogen (secondary N) is 1. The summed E-state index contributed by atoms with van der Waals surface area (Å²) < 4.78 is 14.0. The summed E-state index contributed by atoms with van der Waals surface area (Å²) in [7, 11) is 0. The first-order valence-corrected chi connectivity index (χ1v) is 6.96. The highest BCUT2D eigenvalue weighted by molar-refractivity contribution is 7.21. The van der Waals surface area contributed by atoms with Crippen LogP contribution in [0.5, 0.6) is 0 Å². The van der Waals surface area contributed by atoms with Crippen LogP contribution >= 0.6 is 11.3 Å². The maximum atomic E-state index is 13.2. The number of carboxylic acids is 1. The number of aryl methyl sites for hydroxylation is 1. The second-order valence-corrected chi connectivity index (χ2v) is 6.01. The van der Waals surface area contributed by atoms with Gasteiger partial charge >= 0.3 is 5.97 Å². The normalized spacial score (nSPS) is 13.9. The number of hydrogen-bond acceptors (Lipinski definition) is 4. The summed E-state index contributed by atoms with van der Waals surface area (Å²) in [5, 5.41) is 21.4. The number of amides is 1. The minimum absolute atomic E-state index is 0.372. The zero-order valence-electron chi connectivity index (χ0n) is 11.4. The van der Waals surface area contributed by atoms with Crippen LogP contribution in [0, 0.1) is 12.7 Å². The van der Waals surface area contributed by atoms with Crippen molar-refractivity contribution in [1.29, 1.82) is 0 Å². The molecule has 1 atom stereocenters. The van der Waals surface area contributed by atoms with E-state index in [0.29, 0.717) is 15.8 Å². The molecule has 1 aromatic carbocycles. The molecular weight excluding hydrogens is 297 g/mol. The Hall–Kier alpha value is -1.99. The van der Waals surface area contributed by atoms with Crippen LogP contribution < -0.4 is 5.32 Å². The molecular formula is C14H14FNO4S. The highest BCUT2D eigenvalue weighted by atomic mass is 32.1. The average Bonchev–Trinajstić information content (AvgIpc) is 2.73. The summed E-state index contributed by atoms with van der Waals surface area (Å²) >= 11 is 1.19. The molecule has 0 bridgehead atoms. The van der Waals surface area contributed by atoms with Crippen molar-refractivity contribution in [3.05, 3.63) is 34.5 Å². The molecule has 0 radical (unpaired) electrons. The summed E-state index contributed by atoms with van der Waals surface area (Å²) in [5.41, 5.74) is -1.41. The molecule has 0 aliphatic carbocycles. The number of fused-ring (bicyclic) bond motifs is 1. The first kappa shape index (κ1) is 15.4. The number of aliphatic hydroxyl groups is 1. The number of carboxylic acid groups (broad SMARTS) is 1. The van der Waals surface area contributed by atoms with E-state index in [2.05, 4.69) is 5.32 Å². The predicted octanol–water partition coefficient (Wildman–Crippen LogP) is 1.91. The molecule has 2 rings (SSSR count). The van der Waals surface area contributed by atoms with Gasteiger partial charge in [-0.3, -0.25) is 4.79 Å². The SMILES string of the molecule is Cc1c(C(=O)NCC(C)(O)C(=O)O)sc2ccc(F)cc12. The van der Waals surface area contributed by atoms with Gasteiger partial charge in [0.1, 0.15) is 5.82 Å². The number of rotatable bonds is 4. The predicted molar refractivity (Wildman–Crippen MR) is 77.1 cm³/mol. The van der Waals surface area contributed by atoms with E-state index >= 15 is 0 Å². The molecule has 0 fully saturated rings. The van der Waals surface area contributed by atoms with Gasteiger partial charge in [0.25, 0.3) is 5.91 Å². The Labute approximate surface area is 124 Å². The van der Waals surface area contributed by atoms with E-state index in [0.717, 1.165) is 11.6 Å². The number of carbonyl (C=O) groups is 2. The molecule has 0 aliphatic rings. The third-order valence-electron chi connectivity index (χ3n) is 3.16. The lowest BCUT2D eigenvalue weighted by atomic mass is 10.1. The van der Waals surface area contributed by atoms with Gasteiger partial charge in [0.2, 0.25) is 0 Å². The fourth-order valence-electron chi connectivity index (χ4n) is 1.82. The summed E-state index contributed by atoms with van der Waals surface area (Å²) in [6.07, 6.45) is 0. The van der Waals surface area contributed by atoms with Crippen molar-refractivity contribution in [1.82, 2.24) is 5.32 Å². The van der Waals surface area contributed by atoms with Crippen molar-refractivity contribution in [2.24, 2.45) is 0 Å². The highest BCUT2D eigenvalue weighted by Crippen LogP contribution is 2.31. The molecule has 3 N–H and O–H groups in total. The van der Waals surface area contributed by atoms with Gasteiger partial charge < -0.3 is 15.5 Å². The second kappa shape index (κ2) is 5.42. The Bertz CT molecular complexity index is 723. The fraction of sp³-hybridized carbons (Fsp3) is 0.286. The molecule has 1 unspecified atom stereocenters. The van der Waals surface area contributed by atoms with Gasteiger partial charge in [-0.25, -0.2) is 9.18 Å². The number of hydrogen-bond donors (Lipinski definition) is 3. The van der Waals surface area contributed by atoms with E-state index in [1.165, 1.54) is 23.5 Å². The van der Waals surface area contributed by atoms with Crippen LogP contribution in [0.3, 0.4) is 0 Å². The third kappa shape index (κ3) is 3.03. The van der Waals surface area contributed by atoms with Gasteiger partial charge in [-0.15, -0.1) is 11.3 Å². The minimum Gasteiger partial charge on any atom is -0.479 e. The van der Waals surface area contributed by atoms with Crippen LogP contribution in [-0.4, -0.2) is 34.2 Å². The summed E-state index contributed by atoms with van der Waals surface area (Å²) in [6.45, 7) is 2.38. The number of thiophene rings is 1. The van der Waals surface area contributed by atoms with Crippen molar-refractivity contribution in [2.45, 2.75) is 19.4 Å². The van der Waals surface area contributed by atoms with E-state index in [1.807, 2.05) is 0 Å². The first-order chi connectivity index (χ1) is 9.72. The largest absolute Gasteiger partial charge is 0.479 e. The average molecular weight is 311 g/mol. The fourth-order valence-corrected chi connectivity index (χ4v) is 2.92. The van der Waals surface area contributed by atoms with Crippen LogP contribution in [0.15, 0.2) is 18.2 Å². The van der Waals surface area contributed by atoms with Crippen molar-refractivity contribution in [3.63, 3.8) is 0 Å². The van der Waals surface area contributed by atoms with Crippen LogP contribution in [0.4, 0.5) is 4.39 Å². The van der Waals surface area contributed by atoms with Gasteiger partial charge in [-0.05, 0) is 43.0 Å². The van der Waals surface area contributed by atoms with Crippen LogP contribution in [0.25, 0.3) is 10.1 Å². The van der Waals surface area contributed by atoms with Crippen LogP contribution in [-0.2, 0) is 4.79 Å². The molecule has 1 amide bonds. The smallest absolute Gasteiger partial charge is 0.337 e. The van der Waals surface area contributed by atoms with Gasteiger partial charge in [-0.2, -0.15) is 0 Å². The third-order valence-corrected chi connectivity index (χ3v) is 4.43. The van der Waals surface area contributed by atoms with Crippen molar-refractivity contribution >= 4 is 33.3 Å². The van der Waals surface area contributed by atoms with Gasteiger partial charge in [0.05, 0.1) is 11.4 Å². The zero-order valence-corrected chi connectivity index (χ0v) is 12.3. The second-order valence-electron chi connectivity index (χ2n) is 4.96. The molecule has 0 spiro atoms. The van der Waals surface area contributed by atoms with Crippen molar-refractivity contribution < 1.29 is 24.2 Å². The van der Waals surface area contributed by atoms with E-state index in [-0.39, 0.29) is 5.82 Å². The molecule has 0 saturated carbocycles. The lowest BCUT2D eigenvalue weighted by Crippen LogP contribution is -2.46. The van der Waals surface area contributed by atoms with Gasteiger partial charge in [0, 0.05) is 4.70 Å². The molecule has 7 heteroatoms. The molecule has 1 heterocycles. The minimum atomic E-state index is -2.04. The summed E-state index contributed by atoms with van der Waals surface area (Å²) in [4.78, 5) is 23.2.